The van der Waals surface area contributed by atoms with Crippen molar-refractivity contribution in [2.24, 2.45) is 0 Å². The van der Waals surface area contributed by atoms with Crippen LogP contribution in [0.2, 0.25) is 5.02 Å². The third-order valence-corrected chi connectivity index (χ3v) is 4.63. The fraction of sp³-hybridized carbons (Fsp3) is 0.0588. The number of thioether (sulfide) groups is 1. The first-order valence-corrected chi connectivity index (χ1v) is 7.99. The van der Waals surface area contributed by atoms with Crippen LogP contribution >= 0.6 is 23.4 Å². The summed E-state index contributed by atoms with van der Waals surface area (Å²) < 4.78 is 13.7. The van der Waals surface area contributed by atoms with Crippen molar-refractivity contribution in [3.8, 4) is 0 Å². The zero-order valence-corrected chi connectivity index (χ0v) is 13.4. The Bertz CT molecular complexity index is 822. The van der Waals surface area contributed by atoms with E-state index in [1.807, 2.05) is 0 Å². The highest BCUT2D eigenvalue weighted by atomic mass is 35.5. The molecule has 3 nitrogen and oxygen atoms in total. The van der Waals surface area contributed by atoms with Gasteiger partial charge in [0.25, 0.3) is 11.1 Å². The van der Waals surface area contributed by atoms with E-state index in [1.165, 1.54) is 12.1 Å². The molecule has 2 amide bonds. The lowest BCUT2D eigenvalue weighted by atomic mass is 10.2. The number of carbonyl (C=O) groups excluding carboxylic acids is 2. The Morgan fingerprint density at radius 1 is 1.09 bits per heavy atom. The molecule has 1 fully saturated rings. The van der Waals surface area contributed by atoms with Crippen LogP contribution in [-0.4, -0.2) is 16.0 Å². The molecule has 6 heteroatoms. The summed E-state index contributed by atoms with van der Waals surface area (Å²) in [4.78, 5) is 25.8. The molecular formula is C17H11ClFNO2S. The summed E-state index contributed by atoms with van der Waals surface area (Å²) in [7, 11) is 0. The summed E-state index contributed by atoms with van der Waals surface area (Å²) in [5, 5.41) is 0.0992. The van der Waals surface area contributed by atoms with Crippen LogP contribution in [0.4, 0.5) is 9.18 Å². The second-order valence-electron chi connectivity index (χ2n) is 4.88. The van der Waals surface area contributed by atoms with Gasteiger partial charge in [-0.15, -0.1) is 0 Å². The van der Waals surface area contributed by atoms with E-state index in [-0.39, 0.29) is 17.0 Å². The predicted octanol–water partition coefficient (Wildman–Crippen LogP) is 4.72. The minimum Gasteiger partial charge on any atom is -0.268 e. The maximum atomic E-state index is 13.7. The number of hydrogen-bond donors (Lipinski definition) is 0. The van der Waals surface area contributed by atoms with Crippen molar-refractivity contribution in [1.82, 2.24) is 4.90 Å². The predicted molar refractivity (Wildman–Crippen MR) is 89.4 cm³/mol. The van der Waals surface area contributed by atoms with E-state index in [1.54, 1.807) is 42.5 Å². The van der Waals surface area contributed by atoms with Crippen LogP contribution in [0.5, 0.6) is 0 Å². The molecular weight excluding hydrogens is 337 g/mol. The molecule has 0 bridgehead atoms. The monoisotopic (exact) mass is 347 g/mol. The average molecular weight is 348 g/mol. The van der Waals surface area contributed by atoms with Gasteiger partial charge in [-0.05, 0) is 35.5 Å². The van der Waals surface area contributed by atoms with Crippen LogP contribution in [0, 0.1) is 5.82 Å². The zero-order chi connectivity index (χ0) is 16.4. The largest absolute Gasteiger partial charge is 0.293 e. The Kier molecular flexibility index (Phi) is 4.50. The lowest BCUT2D eigenvalue weighted by Crippen LogP contribution is -2.27. The number of amides is 2. The quantitative estimate of drug-likeness (QED) is 0.754. The van der Waals surface area contributed by atoms with Gasteiger partial charge in [-0.3, -0.25) is 14.5 Å². The second kappa shape index (κ2) is 6.56. The van der Waals surface area contributed by atoms with Gasteiger partial charge < -0.3 is 0 Å². The molecule has 0 radical (unpaired) electrons. The highest BCUT2D eigenvalue weighted by Gasteiger charge is 2.35. The Labute approximate surface area is 141 Å². The first-order valence-electron chi connectivity index (χ1n) is 6.79. The summed E-state index contributed by atoms with van der Waals surface area (Å²) in [6, 6.07) is 13.1. The molecule has 1 heterocycles. The van der Waals surface area contributed by atoms with Crippen molar-refractivity contribution in [3.63, 3.8) is 0 Å². The van der Waals surface area contributed by atoms with E-state index in [2.05, 4.69) is 0 Å². The smallest absolute Gasteiger partial charge is 0.268 e. The minimum atomic E-state index is -0.442. The van der Waals surface area contributed by atoms with Crippen LogP contribution in [0.3, 0.4) is 0 Å². The Hall–Kier alpha value is -2.11. The summed E-state index contributed by atoms with van der Waals surface area (Å²) >= 11 is 6.86. The van der Waals surface area contributed by atoms with Gasteiger partial charge >= 0.3 is 0 Å². The average Bonchev–Trinajstić information content (AvgIpc) is 2.79. The molecule has 1 saturated heterocycles. The van der Waals surface area contributed by atoms with Crippen molar-refractivity contribution >= 4 is 40.6 Å². The first kappa shape index (κ1) is 15.8. The van der Waals surface area contributed by atoms with Gasteiger partial charge in [-0.25, -0.2) is 4.39 Å². The van der Waals surface area contributed by atoms with Gasteiger partial charge in [0.1, 0.15) is 5.82 Å². The minimum absolute atomic E-state index is 0.0962. The van der Waals surface area contributed by atoms with E-state index >= 15 is 0 Å². The number of nitrogens with zero attached hydrogens (tertiary/aromatic N) is 1. The standard InChI is InChI=1S/C17H11ClFNO2S/c18-13-7-3-1-6-12(13)10-20-16(21)15(23-17(20)22)9-11-5-2-4-8-14(11)19/h1-9H,10H2/b15-9+. The Morgan fingerprint density at radius 2 is 1.78 bits per heavy atom. The van der Waals surface area contributed by atoms with Crippen molar-refractivity contribution < 1.29 is 14.0 Å². The van der Waals surface area contributed by atoms with Crippen LogP contribution < -0.4 is 0 Å². The number of halogens is 2. The fourth-order valence-corrected chi connectivity index (χ4v) is 3.19. The topological polar surface area (TPSA) is 37.4 Å². The van der Waals surface area contributed by atoms with Gasteiger partial charge in [0.15, 0.2) is 0 Å². The van der Waals surface area contributed by atoms with Crippen molar-refractivity contribution in [2.45, 2.75) is 6.54 Å². The molecule has 0 N–H and O–H groups in total. The summed E-state index contributed by atoms with van der Waals surface area (Å²) in [6.45, 7) is 0.0962. The van der Waals surface area contributed by atoms with Crippen molar-refractivity contribution in [3.05, 3.63) is 75.4 Å². The third-order valence-electron chi connectivity index (χ3n) is 3.35. The van der Waals surface area contributed by atoms with E-state index in [4.69, 9.17) is 11.6 Å². The molecule has 0 aromatic heterocycles. The lowest BCUT2D eigenvalue weighted by molar-refractivity contribution is -0.123. The van der Waals surface area contributed by atoms with Gasteiger partial charge in [0, 0.05) is 10.6 Å². The number of benzene rings is 2. The molecule has 23 heavy (non-hydrogen) atoms. The molecule has 0 saturated carbocycles. The molecule has 1 aliphatic heterocycles. The van der Waals surface area contributed by atoms with Gasteiger partial charge in [0.2, 0.25) is 0 Å². The van der Waals surface area contributed by atoms with E-state index in [9.17, 15) is 14.0 Å². The van der Waals surface area contributed by atoms with Crippen LogP contribution in [0.15, 0.2) is 53.4 Å². The molecule has 0 aliphatic carbocycles. The van der Waals surface area contributed by atoms with Crippen molar-refractivity contribution in [1.29, 1.82) is 0 Å². The Morgan fingerprint density at radius 3 is 2.52 bits per heavy atom. The SMILES string of the molecule is O=C1S/C(=C/c2ccccc2F)C(=O)N1Cc1ccccc1Cl. The van der Waals surface area contributed by atoms with Gasteiger partial charge in [0.05, 0.1) is 11.4 Å². The fourth-order valence-electron chi connectivity index (χ4n) is 2.17. The lowest BCUT2D eigenvalue weighted by Gasteiger charge is -2.13. The molecule has 0 unspecified atom stereocenters. The maximum Gasteiger partial charge on any atom is 0.293 e. The number of rotatable bonds is 3. The molecule has 2 aromatic carbocycles. The van der Waals surface area contributed by atoms with Gasteiger partial charge in [-0.1, -0.05) is 48.0 Å². The van der Waals surface area contributed by atoms with Crippen LogP contribution in [0.1, 0.15) is 11.1 Å². The van der Waals surface area contributed by atoms with E-state index in [0.717, 1.165) is 16.7 Å². The maximum absolute atomic E-state index is 13.7. The highest BCUT2D eigenvalue weighted by Crippen LogP contribution is 2.34. The number of carbonyl (C=O) groups is 2. The third kappa shape index (κ3) is 3.30. The van der Waals surface area contributed by atoms with E-state index in [0.29, 0.717) is 10.6 Å². The second-order valence-corrected chi connectivity index (χ2v) is 6.28. The van der Waals surface area contributed by atoms with Crippen LogP contribution in [-0.2, 0) is 11.3 Å². The molecule has 116 valence electrons. The number of hydrogen-bond acceptors (Lipinski definition) is 3. The normalized spacial score (nSPS) is 16.4. The summed E-state index contributed by atoms with van der Waals surface area (Å²) in [5.41, 5.74) is 0.958. The molecule has 0 atom stereocenters. The number of imide groups is 1. The summed E-state index contributed by atoms with van der Waals surface area (Å²) in [5.74, 6) is -0.881. The summed E-state index contributed by atoms with van der Waals surface area (Å²) in [6.07, 6.45) is 1.40. The first-order chi connectivity index (χ1) is 11.1. The van der Waals surface area contributed by atoms with Crippen molar-refractivity contribution in [2.75, 3.05) is 0 Å². The zero-order valence-electron chi connectivity index (χ0n) is 11.8. The molecule has 0 spiro atoms. The van der Waals surface area contributed by atoms with Gasteiger partial charge in [-0.2, -0.15) is 0 Å². The van der Waals surface area contributed by atoms with Crippen LogP contribution in [0.25, 0.3) is 6.08 Å². The highest BCUT2D eigenvalue weighted by molar-refractivity contribution is 8.18. The Balaban J connectivity index is 1.86. The molecule has 3 rings (SSSR count). The van der Waals surface area contributed by atoms with E-state index < -0.39 is 17.0 Å². The molecule has 1 aliphatic rings. The molecule has 2 aromatic rings.